The number of nitrogens with one attached hydrogen (secondary N) is 2. The van der Waals surface area contributed by atoms with Crippen molar-refractivity contribution in [2.75, 3.05) is 18.1 Å². The Hall–Kier alpha value is -1.93. The van der Waals surface area contributed by atoms with Crippen LogP contribution in [0.25, 0.3) is 0 Å². The standard InChI is InChI=1S/C9H13BrN2OS.C9H12N2O/c1-3-6(4-2)11-9-12-8(10)7(5-13)14-9;1-6-3-4-7(5-8(6)10)9(12)11-2/h5-6H,3-4H2,1-2H3,(H,11,12);3-5H,10H2,1-2H3,(H,11,12). The van der Waals surface area contributed by atoms with Gasteiger partial charge in [-0.15, -0.1) is 0 Å². The molecule has 1 aromatic carbocycles. The largest absolute Gasteiger partial charge is 0.398 e. The second-order valence-electron chi connectivity index (χ2n) is 5.60. The van der Waals surface area contributed by atoms with Gasteiger partial charge in [-0.25, -0.2) is 4.98 Å². The maximum absolute atomic E-state index is 11.1. The van der Waals surface area contributed by atoms with Crippen LogP contribution in [0.15, 0.2) is 22.8 Å². The Morgan fingerprint density at radius 2 is 2.04 bits per heavy atom. The van der Waals surface area contributed by atoms with E-state index in [1.165, 1.54) is 11.3 Å². The molecule has 0 bridgehead atoms. The molecule has 8 heteroatoms. The minimum atomic E-state index is -0.110. The van der Waals surface area contributed by atoms with Gasteiger partial charge in [-0.05, 0) is 53.4 Å². The first-order chi connectivity index (χ1) is 12.4. The molecular formula is C18H25BrN4O2S. The van der Waals surface area contributed by atoms with Crippen molar-refractivity contribution in [2.45, 2.75) is 39.7 Å². The summed E-state index contributed by atoms with van der Waals surface area (Å²) >= 11 is 4.62. The lowest BCUT2D eigenvalue weighted by Crippen LogP contribution is -2.17. The highest BCUT2D eigenvalue weighted by Crippen LogP contribution is 2.26. The van der Waals surface area contributed by atoms with E-state index in [9.17, 15) is 9.59 Å². The third-order valence-corrected chi connectivity index (χ3v) is 5.58. The summed E-state index contributed by atoms with van der Waals surface area (Å²) in [4.78, 5) is 26.5. The molecule has 0 aliphatic heterocycles. The second-order valence-corrected chi connectivity index (χ2v) is 7.38. The second kappa shape index (κ2) is 10.9. The molecular weight excluding hydrogens is 416 g/mol. The number of halogens is 1. The molecule has 2 rings (SSSR count). The predicted molar refractivity (Wildman–Crippen MR) is 112 cm³/mol. The third kappa shape index (κ3) is 6.42. The van der Waals surface area contributed by atoms with E-state index in [4.69, 9.17) is 5.73 Å². The highest BCUT2D eigenvalue weighted by molar-refractivity contribution is 9.10. The fourth-order valence-electron chi connectivity index (χ4n) is 2.04. The number of aromatic nitrogens is 1. The lowest BCUT2D eigenvalue weighted by Gasteiger charge is -2.12. The zero-order valence-electron chi connectivity index (χ0n) is 15.4. The Morgan fingerprint density at radius 1 is 1.38 bits per heavy atom. The van der Waals surface area contributed by atoms with Gasteiger partial charge in [0, 0.05) is 24.3 Å². The van der Waals surface area contributed by atoms with Crippen molar-refractivity contribution in [3.05, 3.63) is 38.8 Å². The number of nitrogen functional groups attached to an aromatic ring is 1. The number of hydrogen-bond donors (Lipinski definition) is 3. The van der Waals surface area contributed by atoms with E-state index >= 15 is 0 Å². The molecule has 0 aliphatic carbocycles. The number of amides is 1. The minimum absolute atomic E-state index is 0.110. The van der Waals surface area contributed by atoms with Gasteiger partial charge in [0.25, 0.3) is 5.91 Å². The first-order valence-electron chi connectivity index (χ1n) is 8.32. The van der Waals surface area contributed by atoms with E-state index in [1.807, 2.05) is 13.0 Å². The summed E-state index contributed by atoms with van der Waals surface area (Å²) in [6.45, 7) is 6.16. The number of nitrogens with two attached hydrogens (primary N) is 1. The minimum Gasteiger partial charge on any atom is -0.398 e. The third-order valence-electron chi connectivity index (χ3n) is 3.80. The monoisotopic (exact) mass is 440 g/mol. The van der Waals surface area contributed by atoms with Gasteiger partial charge in [0.2, 0.25) is 0 Å². The average molecular weight is 441 g/mol. The van der Waals surface area contributed by atoms with E-state index in [-0.39, 0.29) is 5.91 Å². The number of aryl methyl sites for hydroxylation is 1. The van der Waals surface area contributed by atoms with Gasteiger partial charge in [0.15, 0.2) is 11.4 Å². The molecule has 0 spiro atoms. The van der Waals surface area contributed by atoms with Gasteiger partial charge in [0.1, 0.15) is 9.48 Å². The van der Waals surface area contributed by atoms with E-state index in [2.05, 4.69) is 45.4 Å². The van der Waals surface area contributed by atoms with Gasteiger partial charge in [0.05, 0.1) is 0 Å². The summed E-state index contributed by atoms with van der Waals surface area (Å²) in [5.74, 6) is -0.110. The van der Waals surface area contributed by atoms with Crippen molar-refractivity contribution in [3.8, 4) is 0 Å². The Morgan fingerprint density at radius 3 is 2.50 bits per heavy atom. The summed E-state index contributed by atoms with van der Waals surface area (Å²) in [7, 11) is 1.60. The lowest BCUT2D eigenvalue weighted by molar-refractivity contribution is 0.0962. The molecule has 4 N–H and O–H groups in total. The van der Waals surface area contributed by atoms with Crippen molar-refractivity contribution < 1.29 is 9.59 Å². The molecule has 142 valence electrons. The van der Waals surface area contributed by atoms with Crippen LogP contribution in [-0.2, 0) is 0 Å². The number of nitrogens with zero attached hydrogens (tertiary/aromatic N) is 1. The molecule has 1 heterocycles. The number of hydrogen-bond acceptors (Lipinski definition) is 6. The number of rotatable bonds is 6. The quantitative estimate of drug-likeness (QED) is 0.460. The van der Waals surface area contributed by atoms with Gasteiger partial charge in [-0.2, -0.15) is 0 Å². The average Bonchev–Trinajstić information content (AvgIpc) is 3.01. The van der Waals surface area contributed by atoms with Gasteiger partial charge >= 0.3 is 0 Å². The van der Waals surface area contributed by atoms with E-state index in [0.717, 1.165) is 29.8 Å². The van der Waals surface area contributed by atoms with Crippen molar-refractivity contribution in [2.24, 2.45) is 0 Å². The predicted octanol–water partition coefficient (Wildman–Crippen LogP) is 4.26. The van der Waals surface area contributed by atoms with E-state index in [1.54, 1.807) is 19.2 Å². The molecule has 0 atom stereocenters. The zero-order valence-corrected chi connectivity index (χ0v) is 17.8. The van der Waals surface area contributed by atoms with Gasteiger partial charge < -0.3 is 16.4 Å². The van der Waals surface area contributed by atoms with Crippen LogP contribution >= 0.6 is 27.3 Å². The van der Waals surface area contributed by atoms with Crippen LogP contribution in [0.3, 0.4) is 0 Å². The SMILES string of the molecule is CCC(CC)Nc1nc(Br)c(C=O)s1.CNC(=O)c1ccc(C)c(N)c1. The van der Waals surface area contributed by atoms with Crippen molar-refractivity contribution in [1.29, 1.82) is 0 Å². The smallest absolute Gasteiger partial charge is 0.251 e. The topological polar surface area (TPSA) is 97.1 Å². The molecule has 2 aromatic rings. The highest BCUT2D eigenvalue weighted by Gasteiger charge is 2.10. The molecule has 6 nitrogen and oxygen atoms in total. The van der Waals surface area contributed by atoms with E-state index < -0.39 is 0 Å². The Labute approximate surface area is 166 Å². The summed E-state index contributed by atoms with van der Waals surface area (Å²) in [6, 6.07) is 5.70. The molecule has 0 fully saturated rings. The molecule has 0 saturated heterocycles. The van der Waals surface area contributed by atoms with Crippen LogP contribution in [0.1, 0.15) is 52.3 Å². The number of thiazole rings is 1. The summed E-state index contributed by atoms with van der Waals surface area (Å²) in [6.07, 6.45) is 2.94. The van der Waals surface area contributed by atoms with Crippen molar-refractivity contribution >= 4 is 50.3 Å². The Bertz CT molecular complexity index is 745. The molecule has 0 unspecified atom stereocenters. The van der Waals surface area contributed by atoms with Crippen LogP contribution in [0.4, 0.5) is 10.8 Å². The van der Waals surface area contributed by atoms with Crippen LogP contribution in [0.2, 0.25) is 0 Å². The molecule has 0 radical (unpaired) electrons. The molecule has 0 saturated carbocycles. The van der Waals surface area contributed by atoms with Crippen LogP contribution in [0.5, 0.6) is 0 Å². The van der Waals surface area contributed by atoms with Crippen molar-refractivity contribution in [1.82, 2.24) is 10.3 Å². The summed E-state index contributed by atoms with van der Waals surface area (Å²) in [5, 5.41) is 6.64. The van der Waals surface area contributed by atoms with E-state index in [0.29, 0.717) is 26.8 Å². The number of anilines is 2. The van der Waals surface area contributed by atoms with Crippen LogP contribution in [-0.4, -0.2) is 30.3 Å². The van der Waals surface area contributed by atoms with Gasteiger partial charge in [-0.1, -0.05) is 31.3 Å². The zero-order chi connectivity index (χ0) is 19.7. The fourth-order valence-corrected chi connectivity index (χ4v) is 3.42. The highest BCUT2D eigenvalue weighted by atomic mass is 79.9. The first-order valence-corrected chi connectivity index (χ1v) is 9.93. The normalized spacial score (nSPS) is 10.1. The van der Waals surface area contributed by atoms with Gasteiger partial charge in [-0.3, -0.25) is 9.59 Å². The Kier molecular flexibility index (Phi) is 9.29. The maximum Gasteiger partial charge on any atom is 0.251 e. The van der Waals surface area contributed by atoms with Crippen molar-refractivity contribution in [3.63, 3.8) is 0 Å². The molecule has 1 amide bonds. The van der Waals surface area contributed by atoms with Crippen LogP contribution in [0, 0.1) is 6.92 Å². The lowest BCUT2D eigenvalue weighted by atomic mass is 10.1. The fraction of sp³-hybridized carbons (Fsp3) is 0.389. The summed E-state index contributed by atoms with van der Waals surface area (Å²) in [5.41, 5.74) is 7.87. The van der Waals surface area contributed by atoms with Crippen LogP contribution < -0.4 is 16.4 Å². The Balaban J connectivity index is 0.000000263. The summed E-state index contributed by atoms with van der Waals surface area (Å²) < 4.78 is 0.631. The number of carbonyl (C=O) groups excluding carboxylic acids is 2. The first kappa shape index (κ1) is 22.1. The number of carbonyl (C=O) groups is 2. The molecule has 0 aliphatic rings. The number of benzene rings is 1. The number of aldehydes is 1. The molecule has 26 heavy (non-hydrogen) atoms. The molecule has 1 aromatic heterocycles. The maximum atomic E-state index is 11.1.